The summed E-state index contributed by atoms with van der Waals surface area (Å²) in [6.45, 7) is 13.9. The van der Waals surface area contributed by atoms with Crippen LogP contribution in [0.15, 0.2) is 54.6 Å². The largest absolute Gasteiger partial charge is 0.444 e. The molecule has 0 aromatic heterocycles. The monoisotopic (exact) mass is 523 g/mol. The predicted octanol–water partition coefficient (Wildman–Crippen LogP) is 5.92. The van der Waals surface area contributed by atoms with E-state index in [1.165, 1.54) is 0 Å². The summed E-state index contributed by atoms with van der Waals surface area (Å²) in [6.07, 6.45) is 1.98. The Morgan fingerprint density at radius 3 is 2.13 bits per heavy atom. The molecule has 7 heteroatoms. The molecule has 0 heterocycles. The Morgan fingerprint density at radius 2 is 1.58 bits per heavy atom. The topological polar surface area (TPSA) is 87.7 Å². The van der Waals surface area contributed by atoms with Crippen molar-refractivity contribution in [3.8, 4) is 0 Å². The minimum Gasteiger partial charge on any atom is -0.444 e. The standard InChI is InChI=1S/C31H45N3O4/c1-8-9-13-20-34(29(36)26(22(2)3)33-30(37)38-31(5,6)7)27(25-18-16-23(4)17-19-25)28(35)32-21-24-14-11-10-12-15-24/h10-12,14-19,22,26-27H,8-9,13,20-21H2,1-7H3,(H,32,35)(H,33,37). The summed E-state index contributed by atoms with van der Waals surface area (Å²) < 4.78 is 5.44. The summed E-state index contributed by atoms with van der Waals surface area (Å²) in [5.74, 6) is -0.778. The van der Waals surface area contributed by atoms with Crippen LogP contribution in [-0.2, 0) is 20.9 Å². The van der Waals surface area contributed by atoms with Gasteiger partial charge in [0.2, 0.25) is 11.8 Å². The van der Waals surface area contributed by atoms with Crippen LogP contribution in [0.4, 0.5) is 4.79 Å². The molecule has 0 aliphatic carbocycles. The van der Waals surface area contributed by atoms with Crippen LogP contribution in [0.5, 0.6) is 0 Å². The zero-order chi connectivity index (χ0) is 28.3. The highest BCUT2D eigenvalue weighted by molar-refractivity contribution is 5.92. The van der Waals surface area contributed by atoms with Crippen LogP contribution in [0.25, 0.3) is 0 Å². The molecule has 7 nitrogen and oxygen atoms in total. The molecule has 2 unspecified atom stereocenters. The van der Waals surface area contributed by atoms with E-state index in [1.807, 2.05) is 75.4 Å². The van der Waals surface area contributed by atoms with Gasteiger partial charge in [-0.25, -0.2) is 4.79 Å². The second kappa shape index (κ2) is 14.6. The molecule has 0 aliphatic heterocycles. The highest BCUT2D eigenvalue weighted by atomic mass is 16.6. The van der Waals surface area contributed by atoms with E-state index in [1.54, 1.807) is 25.7 Å². The highest BCUT2D eigenvalue weighted by Crippen LogP contribution is 2.25. The second-order valence-corrected chi connectivity index (χ2v) is 11.1. The first-order chi connectivity index (χ1) is 17.9. The van der Waals surface area contributed by atoms with E-state index in [0.717, 1.165) is 36.0 Å². The van der Waals surface area contributed by atoms with Gasteiger partial charge in [-0.15, -0.1) is 0 Å². The molecule has 0 saturated carbocycles. The quantitative estimate of drug-likeness (QED) is 0.338. The number of benzene rings is 2. The normalized spacial score (nSPS) is 12.9. The number of amides is 3. The first-order valence-electron chi connectivity index (χ1n) is 13.6. The van der Waals surface area contributed by atoms with Crippen molar-refractivity contribution in [2.75, 3.05) is 6.54 Å². The van der Waals surface area contributed by atoms with Crippen LogP contribution >= 0.6 is 0 Å². The number of aryl methyl sites for hydroxylation is 1. The van der Waals surface area contributed by atoms with Gasteiger partial charge in [-0.05, 0) is 51.2 Å². The molecule has 0 spiro atoms. The fourth-order valence-corrected chi connectivity index (χ4v) is 4.13. The number of unbranched alkanes of at least 4 members (excludes halogenated alkanes) is 2. The molecule has 0 fully saturated rings. The van der Waals surface area contributed by atoms with Crippen LogP contribution in [0.2, 0.25) is 0 Å². The summed E-state index contributed by atoms with van der Waals surface area (Å²) in [5, 5.41) is 5.80. The molecule has 0 radical (unpaired) electrons. The number of hydrogen-bond donors (Lipinski definition) is 2. The molecule has 38 heavy (non-hydrogen) atoms. The number of alkyl carbamates (subject to hydrolysis) is 1. The first-order valence-corrected chi connectivity index (χ1v) is 13.6. The van der Waals surface area contributed by atoms with E-state index in [9.17, 15) is 14.4 Å². The molecule has 0 aliphatic rings. The molecule has 2 rings (SSSR count). The van der Waals surface area contributed by atoms with Crippen LogP contribution in [0.3, 0.4) is 0 Å². The number of carbonyl (C=O) groups excluding carboxylic acids is 3. The van der Waals surface area contributed by atoms with Gasteiger partial charge in [0.1, 0.15) is 17.7 Å². The molecule has 0 bridgehead atoms. The van der Waals surface area contributed by atoms with E-state index < -0.39 is 23.8 Å². The fraction of sp³-hybridized carbons (Fsp3) is 0.516. The highest BCUT2D eigenvalue weighted by Gasteiger charge is 2.37. The molecule has 2 aromatic carbocycles. The van der Waals surface area contributed by atoms with Crippen molar-refractivity contribution in [3.05, 3.63) is 71.3 Å². The van der Waals surface area contributed by atoms with Crippen molar-refractivity contribution in [2.45, 2.75) is 92.0 Å². The van der Waals surface area contributed by atoms with Gasteiger partial charge in [0.05, 0.1) is 0 Å². The summed E-state index contributed by atoms with van der Waals surface area (Å²) in [5.41, 5.74) is 2.06. The number of carbonyl (C=O) groups is 3. The zero-order valence-electron chi connectivity index (χ0n) is 24.0. The minimum atomic E-state index is -0.846. The first kappa shape index (κ1) is 30.9. The number of nitrogens with zero attached hydrogens (tertiary/aromatic N) is 1. The van der Waals surface area contributed by atoms with Gasteiger partial charge in [0.15, 0.2) is 0 Å². The fourth-order valence-electron chi connectivity index (χ4n) is 4.13. The smallest absolute Gasteiger partial charge is 0.408 e. The lowest BCUT2D eigenvalue weighted by Gasteiger charge is -2.35. The van der Waals surface area contributed by atoms with E-state index in [-0.39, 0.29) is 17.7 Å². The van der Waals surface area contributed by atoms with Gasteiger partial charge in [-0.1, -0.05) is 93.8 Å². The lowest BCUT2D eigenvalue weighted by Crippen LogP contribution is -2.55. The number of rotatable bonds is 12. The van der Waals surface area contributed by atoms with E-state index >= 15 is 0 Å². The van der Waals surface area contributed by atoms with Crippen LogP contribution < -0.4 is 10.6 Å². The lowest BCUT2D eigenvalue weighted by molar-refractivity contribution is -0.143. The number of nitrogens with one attached hydrogen (secondary N) is 2. The Bertz CT molecular complexity index is 1030. The van der Waals surface area contributed by atoms with Crippen LogP contribution in [-0.4, -0.2) is 41.0 Å². The summed E-state index contributed by atoms with van der Waals surface area (Å²) in [7, 11) is 0. The third-order valence-corrected chi connectivity index (χ3v) is 6.15. The van der Waals surface area contributed by atoms with Gasteiger partial charge >= 0.3 is 6.09 Å². The number of ether oxygens (including phenoxy) is 1. The van der Waals surface area contributed by atoms with Crippen molar-refractivity contribution >= 4 is 17.9 Å². The average Bonchev–Trinajstić information content (AvgIpc) is 2.85. The maximum atomic E-state index is 14.1. The zero-order valence-corrected chi connectivity index (χ0v) is 24.0. The molecule has 3 amide bonds. The van der Waals surface area contributed by atoms with Gasteiger partial charge in [0.25, 0.3) is 0 Å². The minimum absolute atomic E-state index is 0.213. The Labute approximate surface area is 228 Å². The van der Waals surface area contributed by atoms with Gasteiger partial charge in [-0.3, -0.25) is 9.59 Å². The molecule has 2 aromatic rings. The molecule has 208 valence electrons. The summed E-state index contributed by atoms with van der Waals surface area (Å²) in [6, 6.07) is 15.7. The maximum Gasteiger partial charge on any atom is 0.408 e. The molecule has 0 saturated heterocycles. The summed E-state index contributed by atoms with van der Waals surface area (Å²) >= 11 is 0. The van der Waals surface area contributed by atoms with Crippen LogP contribution in [0.1, 0.15) is 83.5 Å². The number of hydrogen-bond acceptors (Lipinski definition) is 4. The van der Waals surface area contributed by atoms with Gasteiger partial charge in [-0.2, -0.15) is 0 Å². The van der Waals surface area contributed by atoms with E-state index in [4.69, 9.17) is 4.74 Å². The van der Waals surface area contributed by atoms with Gasteiger partial charge < -0.3 is 20.3 Å². The SMILES string of the molecule is CCCCCN(C(=O)C(NC(=O)OC(C)(C)C)C(C)C)C(C(=O)NCc1ccccc1)c1ccc(C)cc1. The van der Waals surface area contributed by atoms with Gasteiger partial charge in [0, 0.05) is 13.1 Å². The lowest BCUT2D eigenvalue weighted by atomic mass is 9.97. The second-order valence-electron chi connectivity index (χ2n) is 11.1. The third-order valence-electron chi connectivity index (χ3n) is 6.15. The molecule has 2 atom stereocenters. The molecule has 2 N–H and O–H groups in total. The summed E-state index contributed by atoms with van der Waals surface area (Å²) in [4.78, 5) is 42.2. The predicted molar refractivity (Wildman–Crippen MR) is 151 cm³/mol. The third kappa shape index (κ3) is 9.84. The molecular weight excluding hydrogens is 478 g/mol. The van der Waals surface area contributed by atoms with E-state index in [0.29, 0.717) is 13.1 Å². The van der Waals surface area contributed by atoms with Crippen molar-refractivity contribution in [1.29, 1.82) is 0 Å². The van der Waals surface area contributed by atoms with Crippen molar-refractivity contribution in [2.24, 2.45) is 5.92 Å². The van der Waals surface area contributed by atoms with E-state index in [2.05, 4.69) is 17.6 Å². The van der Waals surface area contributed by atoms with Crippen molar-refractivity contribution in [1.82, 2.24) is 15.5 Å². The average molecular weight is 524 g/mol. The Balaban J connectivity index is 2.44. The Hall–Kier alpha value is -3.35. The van der Waals surface area contributed by atoms with Crippen molar-refractivity contribution in [3.63, 3.8) is 0 Å². The maximum absolute atomic E-state index is 14.1. The van der Waals surface area contributed by atoms with Crippen LogP contribution in [0, 0.1) is 12.8 Å². The molecular formula is C31H45N3O4. The Kier molecular flexibility index (Phi) is 11.8. The van der Waals surface area contributed by atoms with Crippen molar-refractivity contribution < 1.29 is 19.1 Å². The Morgan fingerprint density at radius 1 is 0.947 bits per heavy atom.